The standard InChI is InChI=1S/C15H29N5/c1-4-8-20-14(17-12-18-20)10-19(3)15(11-16)7-5-6-13(2)9-15/h12-13H,4-11,16H2,1-3H3. The molecule has 114 valence electrons. The third-order valence-corrected chi connectivity index (χ3v) is 4.77. The molecule has 1 aliphatic rings. The van der Waals surface area contributed by atoms with Crippen LogP contribution < -0.4 is 5.73 Å². The van der Waals surface area contributed by atoms with E-state index in [4.69, 9.17) is 5.73 Å². The molecule has 1 aliphatic carbocycles. The molecule has 0 aromatic carbocycles. The summed E-state index contributed by atoms with van der Waals surface area (Å²) in [5.74, 6) is 1.82. The van der Waals surface area contributed by atoms with Crippen LogP contribution in [0.1, 0.15) is 51.8 Å². The molecule has 20 heavy (non-hydrogen) atoms. The Morgan fingerprint density at radius 1 is 1.55 bits per heavy atom. The van der Waals surface area contributed by atoms with Crippen molar-refractivity contribution in [3.63, 3.8) is 0 Å². The van der Waals surface area contributed by atoms with Crippen LogP contribution in [-0.4, -0.2) is 38.8 Å². The largest absolute Gasteiger partial charge is 0.329 e. The Labute approximate surface area is 122 Å². The van der Waals surface area contributed by atoms with Crippen molar-refractivity contribution in [2.75, 3.05) is 13.6 Å². The van der Waals surface area contributed by atoms with Crippen LogP contribution in [0.15, 0.2) is 6.33 Å². The van der Waals surface area contributed by atoms with Crippen molar-refractivity contribution in [1.29, 1.82) is 0 Å². The topological polar surface area (TPSA) is 60.0 Å². The van der Waals surface area contributed by atoms with E-state index >= 15 is 0 Å². The zero-order chi connectivity index (χ0) is 14.6. The Bertz CT molecular complexity index is 416. The molecule has 5 heteroatoms. The van der Waals surface area contributed by atoms with Gasteiger partial charge in [-0.15, -0.1) is 0 Å². The summed E-state index contributed by atoms with van der Waals surface area (Å²) in [6.45, 7) is 7.02. The summed E-state index contributed by atoms with van der Waals surface area (Å²) in [5.41, 5.74) is 6.28. The highest BCUT2D eigenvalue weighted by Gasteiger charge is 2.37. The van der Waals surface area contributed by atoms with Gasteiger partial charge in [0.2, 0.25) is 0 Å². The highest BCUT2D eigenvalue weighted by molar-refractivity contribution is 4.97. The molecule has 5 nitrogen and oxygen atoms in total. The van der Waals surface area contributed by atoms with E-state index in [1.807, 2.05) is 4.68 Å². The number of nitrogens with zero attached hydrogens (tertiary/aromatic N) is 4. The van der Waals surface area contributed by atoms with Crippen LogP contribution in [-0.2, 0) is 13.1 Å². The van der Waals surface area contributed by atoms with Crippen molar-refractivity contribution in [3.8, 4) is 0 Å². The van der Waals surface area contributed by atoms with E-state index in [1.165, 1.54) is 25.7 Å². The Morgan fingerprint density at radius 3 is 3.00 bits per heavy atom. The van der Waals surface area contributed by atoms with Gasteiger partial charge < -0.3 is 5.73 Å². The minimum Gasteiger partial charge on any atom is -0.329 e. The first kappa shape index (κ1) is 15.4. The second kappa shape index (κ2) is 6.68. The number of likely N-dealkylation sites (N-methyl/N-ethyl adjacent to an activating group) is 1. The Balaban J connectivity index is 2.08. The highest BCUT2D eigenvalue weighted by atomic mass is 15.4. The molecule has 0 saturated heterocycles. The lowest BCUT2D eigenvalue weighted by Gasteiger charge is -2.46. The van der Waals surface area contributed by atoms with Crippen molar-refractivity contribution >= 4 is 0 Å². The van der Waals surface area contributed by atoms with E-state index in [-0.39, 0.29) is 5.54 Å². The van der Waals surface area contributed by atoms with E-state index in [1.54, 1.807) is 6.33 Å². The van der Waals surface area contributed by atoms with E-state index in [0.717, 1.165) is 37.8 Å². The maximum atomic E-state index is 6.14. The van der Waals surface area contributed by atoms with Gasteiger partial charge in [-0.05, 0) is 32.2 Å². The van der Waals surface area contributed by atoms with Crippen LogP contribution in [0.3, 0.4) is 0 Å². The van der Waals surface area contributed by atoms with Gasteiger partial charge in [0.15, 0.2) is 0 Å². The van der Waals surface area contributed by atoms with Crippen molar-refractivity contribution in [3.05, 3.63) is 12.2 Å². The molecule has 2 rings (SSSR count). The lowest BCUT2D eigenvalue weighted by atomic mass is 9.75. The lowest BCUT2D eigenvalue weighted by Crippen LogP contribution is -2.54. The predicted molar refractivity (Wildman–Crippen MR) is 81.2 cm³/mol. The zero-order valence-corrected chi connectivity index (χ0v) is 13.2. The van der Waals surface area contributed by atoms with Gasteiger partial charge in [-0.1, -0.05) is 26.7 Å². The predicted octanol–water partition coefficient (Wildman–Crippen LogP) is 2.03. The summed E-state index contributed by atoms with van der Waals surface area (Å²) in [6, 6.07) is 0. The molecule has 2 N–H and O–H groups in total. The van der Waals surface area contributed by atoms with Gasteiger partial charge in [0.1, 0.15) is 12.2 Å². The Kier molecular flexibility index (Phi) is 5.16. The van der Waals surface area contributed by atoms with Crippen LogP contribution in [0.25, 0.3) is 0 Å². The Hall–Kier alpha value is -0.940. The number of hydrogen-bond donors (Lipinski definition) is 1. The van der Waals surface area contributed by atoms with Gasteiger partial charge in [0, 0.05) is 18.6 Å². The number of aryl methyl sites for hydroxylation is 1. The van der Waals surface area contributed by atoms with Crippen molar-refractivity contribution < 1.29 is 0 Å². The minimum atomic E-state index is 0.140. The molecule has 1 fully saturated rings. The normalized spacial score (nSPS) is 27.1. The first-order chi connectivity index (χ1) is 9.61. The quantitative estimate of drug-likeness (QED) is 0.865. The second-order valence-electron chi connectivity index (χ2n) is 6.39. The molecule has 1 saturated carbocycles. The number of nitrogens with two attached hydrogens (primary N) is 1. The van der Waals surface area contributed by atoms with Gasteiger partial charge in [-0.3, -0.25) is 4.90 Å². The fourth-order valence-corrected chi connectivity index (χ4v) is 3.51. The first-order valence-electron chi connectivity index (χ1n) is 7.89. The summed E-state index contributed by atoms with van der Waals surface area (Å²) < 4.78 is 2.02. The molecule has 1 aromatic heterocycles. The highest BCUT2D eigenvalue weighted by Crippen LogP contribution is 2.36. The van der Waals surface area contributed by atoms with Crippen molar-refractivity contribution in [2.24, 2.45) is 11.7 Å². The summed E-state index contributed by atoms with van der Waals surface area (Å²) in [6.07, 6.45) is 7.76. The fraction of sp³-hybridized carbons (Fsp3) is 0.867. The average Bonchev–Trinajstić information content (AvgIpc) is 2.86. The van der Waals surface area contributed by atoms with Gasteiger partial charge in [-0.2, -0.15) is 5.10 Å². The summed E-state index contributed by atoms with van der Waals surface area (Å²) in [4.78, 5) is 6.84. The molecule has 0 radical (unpaired) electrons. The molecule has 0 bridgehead atoms. The number of hydrogen-bond acceptors (Lipinski definition) is 4. The zero-order valence-electron chi connectivity index (χ0n) is 13.2. The van der Waals surface area contributed by atoms with Crippen LogP contribution in [0, 0.1) is 5.92 Å². The summed E-state index contributed by atoms with van der Waals surface area (Å²) >= 11 is 0. The third kappa shape index (κ3) is 3.20. The summed E-state index contributed by atoms with van der Waals surface area (Å²) in [7, 11) is 2.19. The van der Waals surface area contributed by atoms with Crippen LogP contribution in [0.4, 0.5) is 0 Å². The van der Waals surface area contributed by atoms with Crippen molar-refractivity contribution in [1.82, 2.24) is 19.7 Å². The minimum absolute atomic E-state index is 0.140. The van der Waals surface area contributed by atoms with E-state index in [9.17, 15) is 0 Å². The SMILES string of the molecule is CCCn1ncnc1CN(C)C1(CN)CCCC(C)C1. The maximum Gasteiger partial charge on any atom is 0.141 e. The molecule has 1 aromatic rings. The molecule has 0 amide bonds. The van der Waals surface area contributed by atoms with Gasteiger partial charge in [0.25, 0.3) is 0 Å². The molecular formula is C15H29N5. The molecular weight excluding hydrogens is 250 g/mol. The van der Waals surface area contributed by atoms with E-state index < -0.39 is 0 Å². The number of aromatic nitrogens is 3. The fourth-order valence-electron chi connectivity index (χ4n) is 3.51. The number of rotatable bonds is 6. The van der Waals surface area contributed by atoms with Gasteiger partial charge in [0.05, 0.1) is 6.54 Å². The average molecular weight is 279 g/mol. The molecule has 0 spiro atoms. The van der Waals surface area contributed by atoms with Gasteiger partial charge >= 0.3 is 0 Å². The molecule has 1 heterocycles. The van der Waals surface area contributed by atoms with Crippen LogP contribution in [0.5, 0.6) is 0 Å². The van der Waals surface area contributed by atoms with Crippen LogP contribution in [0.2, 0.25) is 0 Å². The van der Waals surface area contributed by atoms with E-state index in [0.29, 0.717) is 0 Å². The smallest absolute Gasteiger partial charge is 0.141 e. The second-order valence-corrected chi connectivity index (χ2v) is 6.39. The molecule has 2 atom stereocenters. The van der Waals surface area contributed by atoms with Crippen LogP contribution >= 0.6 is 0 Å². The maximum absolute atomic E-state index is 6.14. The molecule has 0 aliphatic heterocycles. The van der Waals surface area contributed by atoms with Gasteiger partial charge in [-0.25, -0.2) is 9.67 Å². The van der Waals surface area contributed by atoms with Crippen molar-refractivity contribution in [2.45, 2.75) is 64.6 Å². The summed E-state index contributed by atoms with van der Waals surface area (Å²) in [5, 5.41) is 4.32. The van der Waals surface area contributed by atoms with E-state index in [2.05, 4.69) is 35.9 Å². The first-order valence-corrected chi connectivity index (χ1v) is 7.89. The lowest BCUT2D eigenvalue weighted by molar-refractivity contribution is 0.0523. The Morgan fingerprint density at radius 2 is 2.35 bits per heavy atom. The third-order valence-electron chi connectivity index (χ3n) is 4.77. The molecule has 2 unspecified atom stereocenters. The monoisotopic (exact) mass is 279 g/mol.